The van der Waals surface area contributed by atoms with E-state index >= 15 is 0 Å². The Morgan fingerprint density at radius 1 is 1.27 bits per heavy atom. The van der Waals surface area contributed by atoms with Crippen molar-refractivity contribution in [1.29, 1.82) is 5.26 Å². The number of carbonyl (C=O) groups is 1. The van der Waals surface area contributed by atoms with Gasteiger partial charge in [0.2, 0.25) is 0 Å². The zero-order chi connectivity index (χ0) is 21.3. The molecule has 0 atom stereocenters. The molecule has 1 aromatic heterocycles. The number of aromatic nitrogens is 2. The van der Waals surface area contributed by atoms with Gasteiger partial charge in [0.05, 0.1) is 17.2 Å². The standard InChI is InChI=1S/C23H19ClN4O2/c1-14(29)20-21(17-5-3-6-18(24)11-17)27-28(13-15-8-9-15)23(30)22(20)26-19-7-2-4-16(10-19)12-25/h2-7,10-11,15,26H,8-9,13H2,1H3. The molecule has 6 nitrogen and oxygen atoms in total. The van der Waals surface area contributed by atoms with Crippen LogP contribution < -0.4 is 10.9 Å². The molecule has 0 saturated heterocycles. The van der Waals surface area contributed by atoms with Crippen LogP contribution in [0.2, 0.25) is 5.02 Å². The molecule has 4 rings (SSSR count). The van der Waals surface area contributed by atoms with Gasteiger partial charge in [0.15, 0.2) is 5.78 Å². The summed E-state index contributed by atoms with van der Waals surface area (Å²) < 4.78 is 1.43. The molecule has 1 N–H and O–H groups in total. The highest BCUT2D eigenvalue weighted by molar-refractivity contribution is 6.30. The third kappa shape index (κ3) is 4.12. The first-order valence-corrected chi connectivity index (χ1v) is 10.0. The highest BCUT2D eigenvalue weighted by Gasteiger charge is 2.27. The molecule has 3 aromatic rings. The van der Waals surface area contributed by atoms with Gasteiger partial charge in [-0.2, -0.15) is 10.4 Å². The van der Waals surface area contributed by atoms with Crippen LogP contribution in [-0.2, 0) is 6.54 Å². The molecule has 2 aromatic carbocycles. The van der Waals surface area contributed by atoms with Crippen molar-refractivity contribution in [3.05, 3.63) is 75.0 Å². The number of hydrogen-bond donors (Lipinski definition) is 1. The molecule has 1 aliphatic carbocycles. The number of nitrogens with zero attached hydrogens (tertiary/aromatic N) is 3. The van der Waals surface area contributed by atoms with Crippen molar-refractivity contribution in [3.63, 3.8) is 0 Å². The van der Waals surface area contributed by atoms with Crippen LogP contribution in [0.4, 0.5) is 11.4 Å². The number of benzene rings is 2. The van der Waals surface area contributed by atoms with Crippen molar-refractivity contribution >= 4 is 28.8 Å². The predicted octanol–water partition coefficient (Wildman–Crippen LogP) is 4.79. The van der Waals surface area contributed by atoms with Crippen molar-refractivity contribution in [2.75, 3.05) is 5.32 Å². The van der Waals surface area contributed by atoms with Gasteiger partial charge in [-0.25, -0.2) is 4.68 Å². The van der Waals surface area contributed by atoms with Crippen molar-refractivity contribution in [1.82, 2.24) is 9.78 Å². The Hall–Kier alpha value is -3.43. The van der Waals surface area contributed by atoms with E-state index in [1.165, 1.54) is 11.6 Å². The molecule has 1 aliphatic rings. The average Bonchev–Trinajstić information content (AvgIpc) is 3.54. The van der Waals surface area contributed by atoms with E-state index in [0.717, 1.165) is 12.8 Å². The monoisotopic (exact) mass is 418 g/mol. The number of Topliss-reactive ketones (excluding diaryl/α,β-unsaturated/α-hetero) is 1. The summed E-state index contributed by atoms with van der Waals surface area (Å²) in [7, 11) is 0. The summed E-state index contributed by atoms with van der Waals surface area (Å²) in [6.45, 7) is 1.91. The number of rotatable bonds is 6. The van der Waals surface area contributed by atoms with E-state index in [4.69, 9.17) is 11.6 Å². The van der Waals surface area contributed by atoms with Gasteiger partial charge in [-0.3, -0.25) is 9.59 Å². The fourth-order valence-electron chi connectivity index (χ4n) is 3.35. The normalized spacial score (nSPS) is 13.0. The first-order chi connectivity index (χ1) is 14.5. The Kier molecular flexibility index (Phi) is 5.39. The maximum Gasteiger partial charge on any atom is 0.291 e. The molecule has 0 bridgehead atoms. The first-order valence-electron chi connectivity index (χ1n) is 9.65. The van der Waals surface area contributed by atoms with Crippen LogP contribution in [0, 0.1) is 17.2 Å². The summed E-state index contributed by atoms with van der Waals surface area (Å²) >= 11 is 6.17. The molecule has 7 heteroatoms. The third-order valence-electron chi connectivity index (χ3n) is 4.99. The highest BCUT2D eigenvalue weighted by atomic mass is 35.5. The quantitative estimate of drug-likeness (QED) is 0.581. The molecule has 1 fully saturated rings. The van der Waals surface area contributed by atoms with Crippen LogP contribution >= 0.6 is 11.6 Å². The summed E-state index contributed by atoms with van der Waals surface area (Å²) in [6, 6.07) is 15.9. The number of hydrogen-bond acceptors (Lipinski definition) is 5. The SMILES string of the molecule is CC(=O)c1c(-c2cccc(Cl)c2)nn(CC2CC2)c(=O)c1Nc1cccc(C#N)c1. The second kappa shape index (κ2) is 8.13. The molecule has 0 radical (unpaired) electrons. The molecular weight excluding hydrogens is 400 g/mol. The smallest absolute Gasteiger partial charge is 0.291 e. The van der Waals surface area contributed by atoms with Crippen molar-refractivity contribution in [2.45, 2.75) is 26.3 Å². The van der Waals surface area contributed by atoms with Gasteiger partial charge in [-0.15, -0.1) is 0 Å². The third-order valence-corrected chi connectivity index (χ3v) is 5.23. The molecule has 0 aliphatic heterocycles. The van der Waals surface area contributed by atoms with E-state index in [-0.39, 0.29) is 22.6 Å². The fourth-order valence-corrected chi connectivity index (χ4v) is 3.54. The van der Waals surface area contributed by atoms with Crippen LogP contribution in [0.5, 0.6) is 0 Å². The maximum atomic E-state index is 13.3. The molecule has 1 heterocycles. The minimum atomic E-state index is -0.361. The van der Waals surface area contributed by atoms with Gasteiger partial charge in [-0.05, 0) is 56.0 Å². The van der Waals surface area contributed by atoms with Crippen molar-refractivity contribution in [3.8, 4) is 17.3 Å². The summed E-state index contributed by atoms with van der Waals surface area (Å²) in [5.74, 6) is 0.132. The van der Waals surface area contributed by atoms with Crippen LogP contribution in [0.3, 0.4) is 0 Å². The fraction of sp³-hybridized carbons (Fsp3) is 0.217. The van der Waals surface area contributed by atoms with E-state index in [9.17, 15) is 14.9 Å². The zero-order valence-corrected chi connectivity index (χ0v) is 17.1. The number of carbonyl (C=O) groups excluding carboxylic acids is 1. The number of nitriles is 1. The van der Waals surface area contributed by atoms with Gasteiger partial charge in [0.25, 0.3) is 5.56 Å². The van der Waals surface area contributed by atoms with Gasteiger partial charge in [0, 0.05) is 22.8 Å². The first kappa shape index (κ1) is 19.9. The highest BCUT2D eigenvalue weighted by Crippen LogP contribution is 2.32. The number of halogens is 1. The summed E-state index contributed by atoms with van der Waals surface area (Å²) in [6.07, 6.45) is 2.12. The minimum absolute atomic E-state index is 0.156. The Morgan fingerprint density at radius 3 is 2.70 bits per heavy atom. The van der Waals surface area contributed by atoms with E-state index in [0.29, 0.717) is 40.0 Å². The number of ketones is 1. The van der Waals surface area contributed by atoms with E-state index in [1.54, 1.807) is 42.5 Å². The number of anilines is 2. The lowest BCUT2D eigenvalue weighted by atomic mass is 10.0. The van der Waals surface area contributed by atoms with Crippen LogP contribution in [-0.4, -0.2) is 15.6 Å². The summed E-state index contributed by atoms with van der Waals surface area (Å²) in [4.78, 5) is 25.9. The van der Waals surface area contributed by atoms with E-state index in [2.05, 4.69) is 16.5 Å². The second-order valence-electron chi connectivity index (χ2n) is 7.41. The van der Waals surface area contributed by atoms with Gasteiger partial charge in [-0.1, -0.05) is 29.8 Å². The molecule has 0 unspecified atom stereocenters. The lowest BCUT2D eigenvalue weighted by Gasteiger charge is -2.17. The van der Waals surface area contributed by atoms with Crippen LogP contribution in [0.25, 0.3) is 11.3 Å². The summed E-state index contributed by atoms with van der Waals surface area (Å²) in [5, 5.41) is 17.3. The Bertz CT molecular complexity index is 1240. The molecule has 0 spiro atoms. The molecular formula is C23H19ClN4O2. The largest absolute Gasteiger partial charge is 0.350 e. The van der Waals surface area contributed by atoms with Gasteiger partial charge < -0.3 is 5.32 Å². The molecule has 150 valence electrons. The van der Waals surface area contributed by atoms with Crippen molar-refractivity contribution < 1.29 is 4.79 Å². The lowest BCUT2D eigenvalue weighted by Crippen LogP contribution is -2.29. The van der Waals surface area contributed by atoms with E-state index in [1.807, 2.05) is 6.07 Å². The topological polar surface area (TPSA) is 87.8 Å². The van der Waals surface area contributed by atoms with Gasteiger partial charge in [0.1, 0.15) is 11.4 Å². The van der Waals surface area contributed by atoms with Crippen molar-refractivity contribution in [2.24, 2.45) is 5.92 Å². The minimum Gasteiger partial charge on any atom is -0.350 e. The molecule has 1 saturated carbocycles. The second-order valence-corrected chi connectivity index (χ2v) is 7.85. The average molecular weight is 419 g/mol. The predicted molar refractivity (Wildman–Crippen MR) is 116 cm³/mol. The van der Waals surface area contributed by atoms with Crippen LogP contribution in [0.1, 0.15) is 35.7 Å². The maximum absolute atomic E-state index is 13.3. The molecule has 30 heavy (non-hydrogen) atoms. The Morgan fingerprint density at radius 2 is 2.03 bits per heavy atom. The lowest BCUT2D eigenvalue weighted by molar-refractivity contribution is 0.101. The number of nitrogens with one attached hydrogen (secondary N) is 1. The Balaban J connectivity index is 1.93. The van der Waals surface area contributed by atoms with Crippen LogP contribution in [0.15, 0.2) is 53.3 Å². The molecule has 0 amide bonds. The van der Waals surface area contributed by atoms with E-state index < -0.39 is 0 Å². The zero-order valence-electron chi connectivity index (χ0n) is 16.4. The Labute approximate surface area is 178 Å². The summed E-state index contributed by atoms with van der Waals surface area (Å²) in [5.41, 5.74) is 2.07. The van der Waals surface area contributed by atoms with Gasteiger partial charge >= 0.3 is 0 Å².